The zero-order chi connectivity index (χ0) is 14.4. The van der Waals surface area contributed by atoms with E-state index in [9.17, 15) is 4.39 Å². The van der Waals surface area contributed by atoms with Gasteiger partial charge in [0.25, 0.3) is 0 Å². The number of halogens is 1. The largest absolute Gasteiger partial charge is 0.354 e. The highest BCUT2D eigenvalue weighted by atomic mass is 19.1. The van der Waals surface area contributed by atoms with E-state index in [0.29, 0.717) is 17.8 Å². The van der Waals surface area contributed by atoms with E-state index < -0.39 is 0 Å². The van der Waals surface area contributed by atoms with Crippen LogP contribution in [0, 0.1) is 5.82 Å². The first-order valence-electron chi connectivity index (χ1n) is 7.79. The zero-order valence-corrected chi connectivity index (χ0v) is 12.5. The molecule has 1 atom stereocenters. The van der Waals surface area contributed by atoms with Crippen LogP contribution in [0.5, 0.6) is 0 Å². The molecule has 0 saturated carbocycles. The summed E-state index contributed by atoms with van der Waals surface area (Å²) >= 11 is 0. The smallest absolute Gasteiger partial charge is 0.224 e. The molecule has 1 aromatic rings. The normalized spacial score (nSPS) is 19.8. The lowest BCUT2D eigenvalue weighted by atomic mass is 10.1. The van der Waals surface area contributed by atoms with Crippen LogP contribution < -0.4 is 10.2 Å². The van der Waals surface area contributed by atoms with Gasteiger partial charge in [0.15, 0.2) is 11.6 Å². The standard InChI is InChI=1S/C15H25FN4/c1-3-9-17-15-18-11-13(16)14(19-15)20-10-7-5-6-8-12(20)4-2/h11-12H,3-10H2,1-2H3,(H,17,18,19). The number of anilines is 2. The molecule has 1 N–H and O–H groups in total. The van der Waals surface area contributed by atoms with Gasteiger partial charge >= 0.3 is 0 Å². The van der Waals surface area contributed by atoms with E-state index in [1.54, 1.807) is 0 Å². The predicted octanol–water partition coefficient (Wildman–Crippen LogP) is 3.60. The highest BCUT2D eigenvalue weighted by Crippen LogP contribution is 2.26. The molecule has 0 bridgehead atoms. The Morgan fingerprint density at radius 2 is 2.20 bits per heavy atom. The molecule has 0 amide bonds. The van der Waals surface area contributed by atoms with Crippen molar-refractivity contribution < 1.29 is 4.39 Å². The van der Waals surface area contributed by atoms with E-state index in [1.807, 2.05) is 0 Å². The fourth-order valence-electron chi connectivity index (χ4n) is 2.76. The molecule has 1 aliphatic heterocycles. The third kappa shape index (κ3) is 3.58. The number of hydrogen-bond donors (Lipinski definition) is 1. The van der Waals surface area contributed by atoms with Gasteiger partial charge in [-0.05, 0) is 25.7 Å². The molecule has 0 radical (unpaired) electrons. The summed E-state index contributed by atoms with van der Waals surface area (Å²) < 4.78 is 14.1. The molecule has 1 unspecified atom stereocenters. The van der Waals surface area contributed by atoms with Gasteiger partial charge in [-0.3, -0.25) is 0 Å². The second-order valence-corrected chi connectivity index (χ2v) is 5.40. The summed E-state index contributed by atoms with van der Waals surface area (Å²) in [6.45, 7) is 5.94. The average Bonchev–Trinajstić information content (AvgIpc) is 2.71. The molecule has 4 nitrogen and oxygen atoms in total. The van der Waals surface area contributed by atoms with Gasteiger partial charge in [0, 0.05) is 19.1 Å². The van der Waals surface area contributed by atoms with Crippen molar-refractivity contribution in [1.29, 1.82) is 0 Å². The lowest BCUT2D eigenvalue weighted by molar-refractivity contribution is 0.531. The van der Waals surface area contributed by atoms with Crippen molar-refractivity contribution >= 4 is 11.8 Å². The summed E-state index contributed by atoms with van der Waals surface area (Å²) in [6, 6.07) is 0.390. The molecular weight excluding hydrogens is 255 g/mol. The fourth-order valence-corrected chi connectivity index (χ4v) is 2.76. The maximum absolute atomic E-state index is 14.1. The minimum atomic E-state index is -0.313. The van der Waals surface area contributed by atoms with Crippen molar-refractivity contribution in [2.24, 2.45) is 0 Å². The van der Waals surface area contributed by atoms with E-state index in [-0.39, 0.29) is 5.82 Å². The predicted molar refractivity (Wildman–Crippen MR) is 80.7 cm³/mol. The molecule has 112 valence electrons. The third-order valence-electron chi connectivity index (χ3n) is 3.88. The Labute approximate surface area is 120 Å². The second kappa shape index (κ2) is 7.41. The molecule has 2 rings (SSSR count). The molecule has 5 heteroatoms. The van der Waals surface area contributed by atoms with Crippen molar-refractivity contribution in [3.63, 3.8) is 0 Å². The maximum Gasteiger partial charge on any atom is 0.224 e. The Balaban J connectivity index is 2.23. The van der Waals surface area contributed by atoms with Gasteiger partial charge < -0.3 is 10.2 Å². The van der Waals surface area contributed by atoms with E-state index in [4.69, 9.17) is 0 Å². The highest BCUT2D eigenvalue weighted by molar-refractivity contribution is 5.45. The molecule has 20 heavy (non-hydrogen) atoms. The summed E-state index contributed by atoms with van der Waals surface area (Å²) in [7, 11) is 0. The Kier molecular flexibility index (Phi) is 5.56. The van der Waals surface area contributed by atoms with Crippen molar-refractivity contribution in [2.75, 3.05) is 23.3 Å². The van der Waals surface area contributed by atoms with Gasteiger partial charge in [0.1, 0.15) is 0 Å². The molecule has 1 saturated heterocycles. The van der Waals surface area contributed by atoms with Gasteiger partial charge in [-0.25, -0.2) is 9.37 Å². The SMILES string of the molecule is CCCNc1ncc(F)c(N2CCCCCC2CC)n1. The van der Waals surface area contributed by atoms with Crippen molar-refractivity contribution in [3.05, 3.63) is 12.0 Å². The van der Waals surface area contributed by atoms with Crippen molar-refractivity contribution in [3.8, 4) is 0 Å². The summed E-state index contributed by atoms with van der Waals surface area (Å²) in [5, 5.41) is 3.13. The van der Waals surface area contributed by atoms with E-state index in [2.05, 4.69) is 34.0 Å². The van der Waals surface area contributed by atoms with Gasteiger partial charge in [0.05, 0.1) is 6.20 Å². The first kappa shape index (κ1) is 15.0. The van der Waals surface area contributed by atoms with Crippen LogP contribution in [0.4, 0.5) is 16.2 Å². The van der Waals surface area contributed by atoms with Crippen molar-refractivity contribution in [1.82, 2.24) is 9.97 Å². The Morgan fingerprint density at radius 1 is 1.35 bits per heavy atom. The van der Waals surface area contributed by atoms with Gasteiger partial charge in [-0.2, -0.15) is 4.98 Å². The molecule has 0 aromatic carbocycles. The number of nitrogens with zero attached hydrogens (tertiary/aromatic N) is 3. The van der Waals surface area contributed by atoms with Crippen LogP contribution in [0.25, 0.3) is 0 Å². The van der Waals surface area contributed by atoms with Crippen LogP contribution >= 0.6 is 0 Å². The third-order valence-corrected chi connectivity index (χ3v) is 3.88. The topological polar surface area (TPSA) is 41.1 Å². The minimum absolute atomic E-state index is 0.313. The molecule has 1 aromatic heterocycles. The number of nitrogens with one attached hydrogen (secondary N) is 1. The quantitative estimate of drug-likeness (QED) is 0.894. The molecule has 0 aliphatic carbocycles. The monoisotopic (exact) mass is 280 g/mol. The van der Waals surface area contributed by atoms with Crippen LogP contribution in [-0.4, -0.2) is 29.1 Å². The van der Waals surface area contributed by atoms with Crippen molar-refractivity contribution in [2.45, 2.75) is 58.4 Å². The Hall–Kier alpha value is -1.39. The van der Waals surface area contributed by atoms with Crippen LogP contribution in [0.2, 0.25) is 0 Å². The summed E-state index contributed by atoms with van der Waals surface area (Å²) in [5.74, 6) is 0.683. The zero-order valence-electron chi connectivity index (χ0n) is 12.5. The van der Waals surface area contributed by atoms with E-state index in [0.717, 1.165) is 38.8 Å². The van der Waals surface area contributed by atoms with Gasteiger partial charge in [0.2, 0.25) is 5.95 Å². The first-order valence-corrected chi connectivity index (χ1v) is 7.79. The lowest BCUT2D eigenvalue weighted by Crippen LogP contribution is -2.36. The van der Waals surface area contributed by atoms with Crippen LogP contribution in [-0.2, 0) is 0 Å². The molecule has 1 fully saturated rings. The number of aromatic nitrogens is 2. The van der Waals surface area contributed by atoms with Crippen LogP contribution in [0.15, 0.2) is 6.20 Å². The van der Waals surface area contributed by atoms with E-state index in [1.165, 1.54) is 19.0 Å². The maximum atomic E-state index is 14.1. The first-order chi connectivity index (χ1) is 9.76. The van der Waals surface area contributed by atoms with Crippen LogP contribution in [0.1, 0.15) is 52.4 Å². The van der Waals surface area contributed by atoms with Gasteiger partial charge in [-0.15, -0.1) is 0 Å². The Bertz CT molecular complexity index is 424. The second-order valence-electron chi connectivity index (χ2n) is 5.40. The summed E-state index contributed by atoms with van der Waals surface area (Å²) in [4.78, 5) is 10.6. The van der Waals surface area contributed by atoms with Gasteiger partial charge in [-0.1, -0.05) is 26.7 Å². The number of rotatable bonds is 5. The number of hydrogen-bond acceptors (Lipinski definition) is 4. The fraction of sp³-hybridized carbons (Fsp3) is 0.733. The summed E-state index contributed by atoms with van der Waals surface area (Å²) in [5.41, 5.74) is 0. The minimum Gasteiger partial charge on any atom is -0.354 e. The lowest BCUT2D eigenvalue weighted by Gasteiger charge is -2.30. The summed E-state index contributed by atoms with van der Waals surface area (Å²) in [6.07, 6.45) is 8.00. The average molecular weight is 280 g/mol. The molecule has 2 heterocycles. The highest BCUT2D eigenvalue weighted by Gasteiger charge is 2.24. The van der Waals surface area contributed by atoms with Crippen LogP contribution in [0.3, 0.4) is 0 Å². The van der Waals surface area contributed by atoms with E-state index >= 15 is 0 Å². The Morgan fingerprint density at radius 3 is 2.95 bits per heavy atom. The molecule has 1 aliphatic rings. The molecular formula is C15H25FN4. The molecule has 0 spiro atoms.